The van der Waals surface area contributed by atoms with E-state index in [0.29, 0.717) is 0 Å². The number of fused-ring (bicyclic) bond motifs is 1. The molecule has 0 aliphatic carbocycles. The second-order valence-electron chi connectivity index (χ2n) is 5.51. The van der Waals surface area contributed by atoms with Crippen LogP contribution in [0.25, 0.3) is 5.65 Å². The number of rotatable bonds is 1. The molecular weight excluding hydrogens is 226 g/mol. The van der Waals surface area contributed by atoms with Gasteiger partial charge in [0.05, 0.1) is 0 Å². The van der Waals surface area contributed by atoms with Crippen molar-refractivity contribution in [2.45, 2.75) is 26.3 Å². The van der Waals surface area contributed by atoms with Crippen LogP contribution in [0, 0.1) is 6.92 Å². The van der Waals surface area contributed by atoms with Crippen molar-refractivity contribution in [2.75, 3.05) is 24.5 Å². The summed E-state index contributed by atoms with van der Waals surface area (Å²) in [5.41, 5.74) is 2.16. The van der Waals surface area contributed by atoms with E-state index in [1.807, 2.05) is 16.8 Å². The lowest BCUT2D eigenvalue weighted by Gasteiger charge is -2.42. The first-order valence-electron chi connectivity index (χ1n) is 6.38. The van der Waals surface area contributed by atoms with Gasteiger partial charge in [-0.3, -0.25) is 0 Å². The Labute approximate surface area is 107 Å². The van der Waals surface area contributed by atoms with Crippen LogP contribution < -0.4 is 10.2 Å². The van der Waals surface area contributed by atoms with E-state index in [2.05, 4.69) is 47.1 Å². The lowest BCUT2D eigenvalue weighted by atomic mass is 10.0. The Hall–Kier alpha value is -1.62. The van der Waals surface area contributed by atoms with Gasteiger partial charge >= 0.3 is 0 Å². The zero-order valence-corrected chi connectivity index (χ0v) is 11.1. The van der Waals surface area contributed by atoms with Crippen LogP contribution in [-0.2, 0) is 0 Å². The number of aryl methyl sites for hydroxylation is 1. The van der Waals surface area contributed by atoms with E-state index in [4.69, 9.17) is 0 Å². The molecule has 1 fully saturated rings. The molecule has 3 heterocycles. The van der Waals surface area contributed by atoms with E-state index >= 15 is 0 Å². The van der Waals surface area contributed by atoms with Crippen molar-refractivity contribution in [3.63, 3.8) is 0 Å². The summed E-state index contributed by atoms with van der Waals surface area (Å²) in [6.07, 6.45) is 1.95. The Morgan fingerprint density at radius 1 is 1.39 bits per heavy atom. The maximum absolute atomic E-state index is 4.68. The molecule has 2 aromatic rings. The fourth-order valence-corrected chi connectivity index (χ4v) is 2.50. The minimum atomic E-state index is 0.0527. The SMILES string of the molecule is Cc1cccn2nc(N3CCNCC3(C)C)nc12. The molecule has 2 aromatic heterocycles. The Bertz CT molecular complexity index is 572. The highest BCUT2D eigenvalue weighted by Crippen LogP contribution is 2.23. The average molecular weight is 245 g/mol. The molecule has 0 bridgehead atoms. The first kappa shape index (κ1) is 11.5. The van der Waals surface area contributed by atoms with Gasteiger partial charge in [-0.25, -0.2) is 4.52 Å². The van der Waals surface area contributed by atoms with Crippen LogP contribution in [0.4, 0.5) is 5.95 Å². The molecule has 0 unspecified atom stereocenters. The van der Waals surface area contributed by atoms with Crippen LogP contribution in [0.5, 0.6) is 0 Å². The van der Waals surface area contributed by atoms with Crippen LogP contribution >= 0.6 is 0 Å². The standard InChI is InChI=1S/C13H19N5/c1-10-5-4-7-18-11(10)15-12(16-18)17-8-6-14-9-13(17,2)3/h4-5,7,14H,6,8-9H2,1-3H3. The third-order valence-corrected chi connectivity index (χ3v) is 3.59. The normalized spacial score (nSPS) is 19.4. The summed E-state index contributed by atoms with van der Waals surface area (Å²) in [6.45, 7) is 9.40. The Morgan fingerprint density at radius 2 is 2.22 bits per heavy atom. The number of hydrogen-bond acceptors (Lipinski definition) is 4. The van der Waals surface area contributed by atoms with Crippen LogP contribution in [-0.4, -0.2) is 39.8 Å². The molecule has 18 heavy (non-hydrogen) atoms. The summed E-state index contributed by atoms with van der Waals surface area (Å²) in [7, 11) is 0. The molecule has 0 amide bonds. The zero-order chi connectivity index (χ0) is 12.8. The summed E-state index contributed by atoms with van der Waals surface area (Å²) in [5, 5.41) is 8.01. The van der Waals surface area contributed by atoms with Gasteiger partial charge < -0.3 is 10.2 Å². The molecule has 0 atom stereocenters. The van der Waals surface area contributed by atoms with Gasteiger partial charge in [0.1, 0.15) is 0 Å². The number of anilines is 1. The fourth-order valence-electron chi connectivity index (χ4n) is 2.50. The van der Waals surface area contributed by atoms with E-state index in [-0.39, 0.29) is 5.54 Å². The monoisotopic (exact) mass is 245 g/mol. The number of pyridine rings is 1. The fraction of sp³-hybridized carbons (Fsp3) is 0.538. The number of piperazine rings is 1. The minimum absolute atomic E-state index is 0.0527. The average Bonchev–Trinajstić information content (AvgIpc) is 2.73. The third-order valence-electron chi connectivity index (χ3n) is 3.59. The van der Waals surface area contributed by atoms with Gasteiger partial charge in [0, 0.05) is 31.4 Å². The van der Waals surface area contributed by atoms with Crippen molar-refractivity contribution in [1.29, 1.82) is 0 Å². The van der Waals surface area contributed by atoms with E-state index in [1.165, 1.54) is 0 Å². The van der Waals surface area contributed by atoms with E-state index < -0.39 is 0 Å². The summed E-state index contributed by atoms with van der Waals surface area (Å²) >= 11 is 0. The second-order valence-corrected chi connectivity index (χ2v) is 5.51. The van der Waals surface area contributed by atoms with E-state index in [0.717, 1.165) is 36.8 Å². The smallest absolute Gasteiger partial charge is 0.246 e. The molecule has 0 saturated carbocycles. The molecule has 0 radical (unpaired) electrons. The molecule has 1 saturated heterocycles. The highest BCUT2D eigenvalue weighted by Gasteiger charge is 2.32. The van der Waals surface area contributed by atoms with Crippen molar-refractivity contribution in [2.24, 2.45) is 0 Å². The lowest BCUT2D eigenvalue weighted by molar-refractivity contribution is 0.375. The van der Waals surface area contributed by atoms with Gasteiger partial charge in [0.15, 0.2) is 5.65 Å². The summed E-state index contributed by atoms with van der Waals surface area (Å²) in [6, 6.07) is 4.07. The second kappa shape index (κ2) is 3.95. The van der Waals surface area contributed by atoms with Gasteiger partial charge in [-0.05, 0) is 32.4 Å². The first-order valence-corrected chi connectivity index (χ1v) is 6.38. The highest BCUT2D eigenvalue weighted by atomic mass is 15.4. The molecule has 3 rings (SSSR count). The van der Waals surface area contributed by atoms with Crippen molar-refractivity contribution >= 4 is 11.6 Å². The number of aromatic nitrogens is 3. The largest absolute Gasteiger partial charge is 0.332 e. The number of nitrogens with one attached hydrogen (secondary N) is 1. The Morgan fingerprint density at radius 3 is 2.94 bits per heavy atom. The number of hydrogen-bond donors (Lipinski definition) is 1. The quantitative estimate of drug-likeness (QED) is 0.820. The predicted octanol–water partition coefficient (Wildman–Crippen LogP) is 1.23. The highest BCUT2D eigenvalue weighted by molar-refractivity contribution is 5.51. The van der Waals surface area contributed by atoms with Crippen LogP contribution in [0.3, 0.4) is 0 Å². The van der Waals surface area contributed by atoms with Crippen LogP contribution in [0.2, 0.25) is 0 Å². The van der Waals surface area contributed by atoms with Crippen molar-refractivity contribution in [3.8, 4) is 0 Å². The van der Waals surface area contributed by atoms with Crippen molar-refractivity contribution < 1.29 is 0 Å². The topological polar surface area (TPSA) is 45.5 Å². The van der Waals surface area contributed by atoms with Gasteiger partial charge in [-0.15, -0.1) is 5.10 Å². The molecule has 1 N–H and O–H groups in total. The molecule has 96 valence electrons. The lowest BCUT2D eigenvalue weighted by Crippen LogP contribution is -2.58. The summed E-state index contributed by atoms with van der Waals surface area (Å²) < 4.78 is 1.86. The molecule has 0 aromatic carbocycles. The van der Waals surface area contributed by atoms with Crippen LogP contribution in [0.15, 0.2) is 18.3 Å². The Balaban J connectivity index is 2.06. The maximum atomic E-state index is 4.68. The van der Waals surface area contributed by atoms with Gasteiger partial charge in [-0.1, -0.05) is 6.07 Å². The van der Waals surface area contributed by atoms with Crippen molar-refractivity contribution in [1.82, 2.24) is 19.9 Å². The van der Waals surface area contributed by atoms with Gasteiger partial charge in [0.25, 0.3) is 0 Å². The molecule has 0 spiro atoms. The number of nitrogens with zero attached hydrogens (tertiary/aromatic N) is 4. The molecule has 1 aliphatic rings. The van der Waals surface area contributed by atoms with Gasteiger partial charge in [-0.2, -0.15) is 4.98 Å². The molecule has 5 heteroatoms. The minimum Gasteiger partial charge on any atom is -0.332 e. The summed E-state index contributed by atoms with van der Waals surface area (Å²) in [5.74, 6) is 0.829. The van der Waals surface area contributed by atoms with E-state index in [9.17, 15) is 0 Å². The summed E-state index contributed by atoms with van der Waals surface area (Å²) in [4.78, 5) is 6.97. The predicted molar refractivity (Wildman–Crippen MR) is 72.0 cm³/mol. The van der Waals surface area contributed by atoms with Crippen molar-refractivity contribution in [3.05, 3.63) is 23.9 Å². The third kappa shape index (κ3) is 1.75. The van der Waals surface area contributed by atoms with Crippen LogP contribution in [0.1, 0.15) is 19.4 Å². The molecule has 5 nitrogen and oxygen atoms in total. The molecule has 1 aliphatic heterocycles. The zero-order valence-electron chi connectivity index (χ0n) is 11.1. The Kier molecular flexibility index (Phi) is 2.52. The molecular formula is C13H19N5. The first-order chi connectivity index (χ1) is 8.58. The maximum Gasteiger partial charge on any atom is 0.246 e. The van der Waals surface area contributed by atoms with E-state index in [1.54, 1.807) is 0 Å². The van der Waals surface area contributed by atoms with Gasteiger partial charge in [0.2, 0.25) is 5.95 Å².